The van der Waals surface area contributed by atoms with Crippen molar-refractivity contribution in [1.29, 1.82) is 0 Å². The number of hydrogen-bond donors (Lipinski definition) is 2. The van der Waals surface area contributed by atoms with Gasteiger partial charge in [0.05, 0.1) is 36.4 Å². The van der Waals surface area contributed by atoms with E-state index in [4.69, 9.17) is 14.2 Å². The smallest absolute Gasteiger partial charge is 0.407 e. The molecule has 0 spiro atoms. The van der Waals surface area contributed by atoms with Crippen LogP contribution in [0.5, 0.6) is 0 Å². The van der Waals surface area contributed by atoms with Gasteiger partial charge in [0.2, 0.25) is 5.91 Å². The highest BCUT2D eigenvalue weighted by atomic mass is 19.1. The lowest BCUT2D eigenvalue weighted by molar-refractivity contribution is -0.115. The van der Waals surface area contributed by atoms with Crippen LogP contribution in [0.4, 0.5) is 19.4 Å². The molecule has 0 radical (unpaired) electrons. The molecule has 2 fully saturated rings. The second-order valence-corrected chi connectivity index (χ2v) is 10.6. The molecule has 3 heterocycles. The number of nitrogens with one attached hydrogen (secondary N) is 2. The molecule has 2 aliphatic rings. The standard InChI is InChI=1S/C25H32F2N4O5/c1-24(2,3)31-21(28-22(32)9-15-7-16(26)10-17(27)8-15)12-19(30-31)20-11-18(13-35-20)36-23(33)29-25(4)5-6-34-14-25/h7-8,10,12,18,20H,5-6,9,11,13-14H2,1-4H3,(H,28,32)(H,29,33). The van der Waals surface area contributed by atoms with Crippen molar-refractivity contribution >= 4 is 17.8 Å². The Labute approximate surface area is 208 Å². The number of aromatic nitrogens is 2. The van der Waals surface area contributed by atoms with Crippen LogP contribution in [0.3, 0.4) is 0 Å². The van der Waals surface area contributed by atoms with E-state index in [-0.39, 0.29) is 18.6 Å². The van der Waals surface area contributed by atoms with Crippen LogP contribution < -0.4 is 10.6 Å². The summed E-state index contributed by atoms with van der Waals surface area (Å²) in [6.45, 7) is 8.97. The predicted octanol–water partition coefficient (Wildman–Crippen LogP) is 3.83. The van der Waals surface area contributed by atoms with Crippen LogP contribution >= 0.6 is 0 Å². The Balaban J connectivity index is 1.40. The molecule has 11 heteroatoms. The molecule has 4 rings (SSSR count). The minimum Gasteiger partial charge on any atom is -0.444 e. The van der Waals surface area contributed by atoms with Gasteiger partial charge < -0.3 is 24.8 Å². The summed E-state index contributed by atoms with van der Waals surface area (Å²) in [5.74, 6) is -1.49. The molecule has 9 nitrogen and oxygen atoms in total. The van der Waals surface area contributed by atoms with Crippen LogP contribution in [0, 0.1) is 11.6 Å². The average Bonchev–Trinajstić information content (AvgIpc) is 3.46. The Morgan fingerprint density at radius 2 is 1.94 bits per heavy atom. The number of alkyl carbamates (subject to hydrolysis) is 1. The Morgan fingerprint density at radius 1 is 1.22 bits per heavy atom. The highest BCUT2D eigenvalue weighted by Gasteiger charge is 2.36. The number of carbonyl (C=O) groups excluding carboxylic acids is 2. The van der Waals surface area contributed by atoms with Gasteiger partial charge in [-0.15, -0.1) is 0 Å². The van der Waals surface area contributed by atoms with Crippen LogP contribution in [0.1, 0.15) is 57.9 Å². The number of hydrogen-bond acceptors (Lipinski definition) is 6. The maximum atomic E-state index is 13.5. The molecule has 2 aromatic rings. The second kappa shape index (κ2) is 10.1. The van der Waals surface area contributed by atoms with Crippen LogP contribution in [0.2, 0.25) is 0 Å². The molecule has 2 N–H and O–H groups in total. The lowest BCUT2D eigenvalue weighted by Gasteiger charge is -2.24. The van der Waals surface area contributed by atoms with Crippen molar-refractivity contribution in [3.63, 3.8) is 0 Å². The van der Waals surface area contributed by atoms with Crippen molar-refractivity contribution in [2.45, 2.75) is 70.2 Å². The maximum absolute atomic E-state index is 13.5. The highest BCUT2D eigenvalue weighted by molar-refractivity contribution is 5.91. The topological polar surface area (TPSA) is 104 Å². The summed E-state index contributed by atoms with van der Waals surface area (Å²) in [7, 11) is 0. The summed E-state index contributed by atoms with van der Waals surface area (Å²) in [6, 6.07) is 4.71. The molecule has 1 aromatic heterocycles. The molecule has 36 heavy (non-hydrogen) atoms. The van der Waals surface area contributed by atoms with Gasteiger partial charge in [-0.2, -0.15) is 5.10 Å². The van der Waals surface area contributed by atoms with E-state index in [1.54, 1.807) is 10.7 Å². The van der Waals surface area contributed by atoms with Crippen molar-refractivity contribution in [3.8, 4) is 0 Å². The number of halogens is 2. The minimum absolute atomic E-state index is 0.200. The first kappa shape index (κ1) is 26.0. The van der Waals surface area contributed by atoms with Crippen LogP contribution in [-0.2, 0) is 31.0 Å². The number of carbonyl (C=O) groups is 2. The van der Waals surface area contributed by atoms with Gasteiger partial charge in [0.15, 0.2) is 0 Å². The number of anilines is 1. The van der Waals surface area contributed by atoms with Gasteiger partial charge in [-0.05, 0) is 51.8 Å². The Hall–Kier alpha value is -3.05. The van der Waals surface area contributed by atoms with E-state index in [2.05, 4.69) is 15.7 Å². The molecule has 196 valence electrons. The summed E-state index contributed by atoms with van der Waals surface area (Å²) in [5, 5.41) is 10.3. The van der Waals surface area contributed by atoms with Gasteiger partial charge in [-0.25, -0.2) is 18.3 Å². The van der Waals surface area contributed by atoms with Gasteiger partial charge >= 0.3 is 6.09 Å². The lowest BCUT2D eigenvalue weighted by Crippen LogP contribution is -2.47. The van der Waals surface area contributed by atoms with Gasteiger partial charge in [0, 0.05) is 25.2 Å². The fourth-order valence-corrected chi connectivity index (χ4v) is 4.32. The van der Waals surface area contributed by atoms with Crippen molar-refractivity contribution < 1.29 is 32.6 Å². The van der Waals surface area contributed by atoms with Crippen molar-refractivity contribution in [1.82, 2.24) is 15.1 Å². The van der Waals surface area contributed by atoms with Gasteiger partial charge in [0.25, 0.3) is 0 Å². The number of benzene rings is 1. The largest absolute Gasteiger partial charge is 0.444 e. The molecule has 3 atom stereocenters. The zero-order valence-electron chi connectivity index (χ0n) is 20.9. The van der Waals surface area contributed by atoms with E-state index in [1.807, 2.05) is 27.7 Å². The van der Waals surface area contributed by atoms with Crippen LogP contribution in [0.15, 0.2) is 24.3 Å². The van der Waals surface area contributed by atoms with E-state index in [0.717, 1.165) is 24.6 Å². The SMILES string of the molecule is CC1(NC(=O)OC2COC(c3cc(NC(=O)Cc4cc(F)cc(F)c4)n(C(C)(C)C)n3)C2)CCOC1. The second-order valence-electron chi connectivity index (χ2n) is 10.6. The summed E-state index contributed by atoms with van der Waals surface area (Å²) >= 11 is 0. The summed E-state index contributed by atoms with van der Waals surface area (Å²) in [6.07, 6.45) is -0.448. The normalized spacial score (nSPS) is 24.1. The number of amides is 2. The zero-order valence-corrected chi connectivity index (χ0v) is 20.9. The molecule has 3 unspecified atom stereocenters. The van der Waals surface area contributed by atoms with Gasteiger partial charge in [-0.3, -0.25) is 4.79 Å². The third-order valence-corrected chi connectivity index (χ3v) is 6.10. The quantitative estimate of drug-likeness (QED) is 0.617. The number of rotatable bonds is 6. The Kier molecular flexibility index (Phi) is 7.33. The van der Waals surface area contributed by atoms with E-state index in [0.29, 0.717) is 31.1 Å². The molecule has 0 bridgehead atoms. The van der Waals surface area contributed by atoms with E-state index in [9.17, 15) is 18.4 Å². The summed E-state index contributed by atoms with van der Waals surface area (Å²) in [4.78, 5) is 25.0. The first-order valence-electron chi connectivity index (χ1n) is 11.9. The van der Waals surface area contributed by atoms with Gasteiger partial charge in [0.1, 0.15) is 29.7 Å². The fraction of sp³-hybridized carbons (Fsp3) is 0.560. The van der Waals surface area contributed by atoms with Crippen molar-refractivity contribution in [3.05, 3.63) is 47.2 Å². The maximum Gasteiger partial charge on any atom is 0.407 e. The summed E-state index contributed by atoms with van der Waals surface area (Å²) in [5.41, 5.74) is -0.104. The van der Waals surface area contributed by atoms with Crippen LogP contribution in [0.25, 0.3) is 0 Å². The Morgan fingerprint density at radius 3 is 2.58 bits per heavy atom. The van der Waals surface area contributed by atoms with Crippen LogP contribution in [-0.4, -0.2) is 53.2 Å². The van der Waals surface area contributed by atoms with Crippen molar-refractivity contribution in [2.24, 2.45) is 0 Å². The monoisotopic (exact) mass is 506 g/mol. The molecular weight excluding hydrogens is 474 g/mol. The molecule has 0 saturated carbocycles. The van der Waals surface area contributed by atoms with Crippen molar-refractivity contribution in [2.75, 3.05) is 25.1 Å². The molecule has 1 aromatic carbocycles. The third kappa shape index (κ3) is 6.38. The number of nitrogens with zero attached hydrogens (tertiary/aromatic N) is 2. The van der Waals surface area contributed by atoms with E-state index < -0.39 is 46.9 Å². The molecular formula is C25H32F2N4O5. The Bertz CT molecular complexity index is 1100. The molecule has 2 aliphatic heterocycles. The first-order chi connectivity index (χ1) is 16.9. The molecule has 0 aliphatic carbocycles. The predicted molar refractivity (Wildman–Crippen MR) is 126 cm³/mol. The first-order valence-corrected chi connectivity index (χ1v) is 11.9. The van der Waals surface area contributed by atoms with Gasteiger partial charge in [-0.1, -0.05) is 0 Å². The summed E-state index contributed by atoms with van der Waals surface area (Å²) < 4.78 is 45.4. The highest BCUT2D eigenvalue weighted by Crippen LogP contribution is 2.33. The molecule has 2 amide bonds. The molecule has 2 saturated heterocycles. The van der Waals surface area contributed by atoms with E-state index in [1.165, 1.54) is 0 Å². The lowest BCUT2D eigenvalue weighted by atomic mass is 10.0. The zero-order chi connectivity index (χ0) is 26.1. The average molecular weight is 507 g/mol. The fourth-order valence-electron chi connectivity index (χ4n) is 4.32. The number of ether oxygens (including phenoxy) is 3. The minimum atomic E-state index is -0.741. The third-order valence-electron chi connectivity index (χ3n) is 6.10. The van der Waals surface area contributed by atoms with E-state index >= 15 is 0 Å².